The third kappa shape index (κ3) is 3.78. The first-order valence-corrected chi connectivity index (χ1v) is 10.2. The van der Waals surface area contributed by atoms with E-state index < -0.39 is 17.7 Å². The van der Waals surface area contributed by atoms with Crippen molar-refractivity contribution in [2.75, 3.05) is 26.2 Å². The third-order valence-electron chi connectivity index (χ3n) is 5.58. The van der Waals surface area contributed by atoms with Gasteiger partial charge in [0.2, 0.25) is 0 Å². The molecule has 1 saturated heterocycles. The van der Waals surface area contributed by atoms with Crippen molar-refractivity contribution >= 4 is 23.1 Å². The molecule has 168 valence electrons. The molecule has 7 heteroatoms. The summed E-state index contributed by atoms with van der Waals surface area (Å²) in [7, 11) is 4.48. The van der Waals surface area contributed by atoms with Crippen LogP contribution in [0, 0.1) is 0 Å². The average Bonchev–Trinajstić information content (AvgIpc) is 3.13. The Morgan fingerprint density at radius 2 is 1.48 bits per heavy atom. The summed E-state index contributed by atoms with van der Waals surface area (Å²) in [4.78, 5) is 27.9. The molecule has 1 unspecified atom stereocenters. The van der Waals surface area contributed by atoms with Crippen molar-refractivity contribution in [3.8, 4) is 17.2 Å². The van der Waals surface area contributed by atoms with Gasteiger partial charge in [-0.05, 0) is 30.3 Å². The minimum absolute atomic E-state index is 0.0585. The summed E-state index contributed by atoms with van der Waals surface area (Å²) in [6.07, 6.45) is 0. The van der Waals surface area contributed by atoms with Crippen LogP contribution in [0.3, 0.4) is 0 Å². The summed E-state index contributed by atoms with van der Waals surface area (Å²) in [5.74, 6) is -0.581. The van der Waals surface area contributed by atoms with Crippen molar-refractivity contribution in [2.24, 2.45) is 0 Å². The maximum atomic E-state index is 13.3. The molecular weight excluding hydrogens is 422 g/mol. The number of Topliss-reactive ketones (excluding diaryl/α,β-unsaturated/α-hetero) is 1. The van der Waals surface area contributed by atoms with Gasteiger partial charge in [0.05, 0.1) is 38.5 Å². The number of methoxy groups -OCH3 is 3. The number of carbonyl (C=O) groups excluding carboxylic acids is 2. The number of hydrogen-bond acceptors (Lipinski definition) is 6. The van der Waals surface area contributed by atoms with Crippen molar-refractivity contribution in [3.63, 3.8) is 0 Å². The highest BCUT2D eigenvalue weighted by molar-refractivity contribution is 6.51. The molecule has 0 radical (unpaired) electrons. The zero-order valence-corrected chi connectivity index (χ0v) is 18.4. The molecule has 1 aliphatic heterocycles. The summed E-state index contributed by atoms with van der Waals surface area (Å²) in [5, 5.41) is 11.4. The summed E-state index contributed by atoms with van der Waals surface area (Å²) < 4.78 is 16.2. The maximum absolute atomic E-state index is 13.3. The SMILES string of the molecule is COc1ccc(/C(O)=C2\C(=O)C(=O)N(c3ccccc3)C2c2ccccc2OC)c(OC)c1. The van der Waals surface area contributed by atoms with Gasteiger partial charge in [-0.25, -0.2) is 0 Å². The van der Waals surface area contributed by atoms with Crippen molar-refractivity contribution in [1.29, 1.82) is 0 Å². The molecule has 0 aromatic heterocycles. The first-order valence-electron chi connectivity index (χ1n) is 10.2. The molecule has 0 bridgehead atoms. The van der Waals surface area contributed by atoms with Crippen LogP contribution in [0.15, 0.2) is 78.4 Å². The van der Waals surface area contributed by atoms with E-state index in [1.807, 2.05) is 6.07 Å². The van der Waals surface area contributed by atoms with Gasteiger partial charge >= 0.3 is 0 Å². The lowest BCUT2D eigenvalue weighted by Gasteiger charge is -2.26. The number of ether oxygens (including phenoxy) is 3. The number of anilines is 1. The van der Waals surface area contributed by atoms with Gasteiger partial charge in [0.15, 0.2) is 0 Å². The fourth-order valence-electron chi connectivity index (χ4n) is 4.01. The molecule has 3 aromatic rings. The molecule has 0 saturated carbocycles. The molecule has 0 aliphatic carbocycles. The van der Waals surface area contributed by atoms with Crippen LogP contribution in [0.25, 0.3) is 5.76 Å². The second-order valence-electron chi connectivity index (χ2n) is 7.31. The normalized spacial score (nSPS) is 17.2. The maximum Gasteiger partial charge on any atom is 0.300 e. The Balaban J connectivity index is 2.00. The minimum atomic E-state index is -0.907. The Bertz CT molecular complexity index is 1230. The average molecular weight is 445 g/mol. The standard InChI is InChI=1S/C26H23NO6/c1-31-17-13-14-19(21(15-17)33-3)24(28)22-23(18-11-7-8-12-20(18)32-2)27(26(30)25(22)29)16-9-5-4-6-10-16/h4-15,23,28H,1-3H3/b24-22+. The molecule has 0 spiro atoms. The van der Waals surface area contributed by atoms with Crippen LogP contribution in [0.4, 0.5) is 5.69 Å². The van der Waals surface area contributed by atoms with E-state index in [-0.39, 0.29) is 16.9 Å². The third-order valence-corrected chi connectivity index (χ3v) is 5.58. The Kier molecular flexibility index (Phi) is 6.04. The highest BCUT2D eigenvalue weighted by Gasteiger charge is 2.48. The zero-order valence-electron chi connectivity index (χ0n) is 18.4. The number of rotatable bonds is 6. The van der Waals surface area contributed by atoms with Crippen LogP contribution in [-0.2, 0) is 9.59 Å². The van der Waals surface area contributed by atoms with E-state index in [2.05, 4.69) is 0 Å². The lowest BCUT2D eigenvalue weighted by Crippen LogP contribution is -2.29. The molecule has 1 atom stereocenters. The van der Waals surface area contributed by atoms with Gasteiger partial charge in [0.1, 0.15) is 23.0 Å². The van der Waals surface area contributed by atoms with Crippen LogP contribution in [-0.4, -0.2) is 38.1 Å². The first-order chi connectivity index (χ1) is 16.0. The second kappa shape index (κ2) is 9.08. The zero-order chi connectivity index (χ0) is 23.5. The number of aliphatic hydroxyl groups is 1. The molecule has 7 nitrogen and oxygen atoms in total. The second-order valence-corrected chi connectivity index (χ2v) is 7.31. The van der Waals surface area contributed by atoms with E-state index in [9.17, 15) is 14.7 Å². The van der Waals surface area contributed by atoms with Crippen LogP contribution in [0.1, 0.15) is 17.2 Å². The highest BCUT2D eigenvalue weighted by atomic mass is 16.5. The molecule has 1 amide bonds. The van der Waals surface area contributed by atoms with E-state index >= 15 is 0 Å². The Hall–Kier alpha value is -4.26. The molecular formula is C26H23NO6. The summed E-state index contributed by atoms with van der Waals surface area (Å²) in [6.45, 7) is 0. The van der Waals surface area contributed by atoms with E-state index in [0.717, 1.165) is 0 Å². The lowest BCUT2D eigenvalue weighted by atomic mass is 9.94. The molecule has 4 rings (SSSR count). The minimum Gasteiger partial charge on any atom is -0.507 e. The summed E-state index contributed by atoms with van der Waals surface area (Å²) in [6, 6.07) is 19.9. The quantitative estimate of drug-likeness (QED) is 0.345. The fourth-order valence-corrected chi connectivity index (χ4v) is 4.01. The Morgan fingerprint density at radius 1 is 0.818 bits per heavy atom. The number of hydrogen-bond donors (Lipinski definition) is 1. The van der Waals surface area contributed by atoms with Gasteiger partial charge in [-0.15, -0.1) is 0 Å². The smallest absolute Gasteiger partial charge is 0.300 e. The van der Waals surface area contributed by atoms with Crippen LogP contribution in [0.5, 0.6) is 17.2 Å². The van der Waals surface area contributed by atoms with Gasteiger partial charge in [0, 0.05) is 17.3 Å². The molecule has 3 aromatic carbocycles. The predicted molar refractivity (Wildman–Crippen MR) is 124 cm³/mol. The molecule has 1 aliphatic rings. The lowest BCUT2D eigenvalue weighted by molar-refractivity contribution is -0.132. The monoisotopic (exact) mass is 445 g/mol. The number of aliphatic hydroxyl groups excluding tert-OH is 1. The number of nitrogens with zero attached hydrogens (tertiary/aromatic N) is 1. The molecule has 1 heterocycles. The van der Waals surface area contributed by atoms with Crippen LogP contribution < -0.4 is 19.1 Å². The summed E-state index contributed by atoms with van der Waals surface area (Å²) >= 11 is 0. The largest absolute Gasteiger partial charge is 0.507 e. The van der Waals surface area contributed by atoms with Gasteiger partial charge in [-0.1, -0.05) is 36.4 Å². The van der Waals surface area contributed by atoms with E-state index in [1.165, 1.54) is 26.2 Å². The summed E-state index contributed by atoms with van der Waals surface area (Å²) in [5.41, 5.74) is 1.30. The number of ketones is 1. The number of amides is 1. The fraction of sp³-hybridized carbons (Fsp3) is 0.154. The Morgan fingerprint density at radius 3 is 2.15 bits per heavy atom. The van der Waals surface area contributed by atoms with Crippen molar-refractivity contribution in [2.45, 2.75) is 6.04 Å². The van der Waals surface area contributed by atoms with Crippen LogP contribution in [0.2, 0.25) is 0 Å². The van der Waals surface area contributed by atoms with E-state index in [4.69, 9.17) is 14.2 Å². The highest BCUT2D eigenvalue weighted by Crippen LogP contribution is 2.45. The molecule has 33 heavy (non-hydrogen) atoms. The number of para-hydroxylation sites is 2. The van der Waals surface area contributed by atoms with Crippen molar-refractivity contribution < 1.29 is 28.9 Å². The Labute approximate surface area is 191 Å². The van der Waals surface area contributed by atoms with Gasteiger partial charge < -0.3 is 19.3 Å². The van der Waals surface area contributed by atoms with Crippen molar-refractivity contribution in [1.82, 2.24) is 0 Å². The van der Waals surface area contributed by atoms with Gasteiger partial charge in [-0.2, -0.15) is 0 Å². The van der Waals surface area contributed by atoms with E-state index in [0.29, 0.717) is 28.5 Å². The van der Waals surface area contributed by atoms with Gasteiger partial charge in [-0.3, -0.25) is 14.5 Å². The van der Waals surface area contributed by atoms with Crippen molar-refractivity contribution in [3.05, 3.63) is 89.5 Å². The van der Waals surface area contributed by atoms with Gasteiger partial charge in [0.25, 0.3) is 11.7 Å². The van der Waals surface area contributed by atoms with E-state index in [1.54, 1.807) is 66.7 Å². The number of carbonyl (C=O) groups is 2. The topological polar surface area (TPSA) is 85.3 Å². The molecule has 1 N–H and O–H groups in total. The number of benzene rings is 3. The molecule has 1 fully saturated rings. The van der Waals surface area contributed by atoms with Crippen LogP contribution >= 0.6 is 0 Å². The predicted octanol–water partition coefficient (Wildman–Crippen LogP) is 4.34. The first kappa shape index (κ1) is 22.0.